The van der Waals surface area contributed by atoms with Crippen molar-refractivity contribution in [1.82, 2.24) is 0 Å². The molecule has 0 spiro atoms. The number of carbonyl (C=O) groups is 1. The maximum absolute atomic E-state index is 13.1. The third-order valence-electron chi connectivity index (χ3n) is 5.09. The highest BCUT2D eigenvalue weighted by Gasteiger charge is 2.51. The first-order chi connectivity index (χ1) is 13.5. The van der Waals surface area contributed by atoms with Gasteiger partial charge in [0.15, 0.2) is 13.3 Å². The lowest BCUT2D eigenvalue weighted by Gasteiger charge is -2.26. The Kier molecular flexibility index (Phi) is 5.21. The summed E-state index contributed by atoms with van der Waals surface area (Å²) in [6.07, 6.45) is 0. The second kappa shape index (κ2) is 7.22. The van der Waals surface area contributed by atoms with Crippen LogP contribution in [0.3, 0.4) is 0 Å². The maximum atomic E-state index is 13.1. The number of rotatable bonds is 6. The molecule has 29 heavy (non-hydrogen) atoms. The fourth-order valence-electron chi connectivity index (χ4n) is 3.03. The van der Waals surface area contributed by atoms with Crippen molar-refractivity contribution in [3.63, 3.8) is 0 Å². The molecule has 11 heteroatoms. The number of benzene rings is 2. The van der Waals surface area contributed by atoms with Gasteiger partial charge in [0.2, 0.25) is 17.4 Å². The fraction of sp³-hybridized carbons (Fsp3) is 0.167. The molecule has 0 bridgehead atoms. The van der Waals surface area contributed by atoms with Gasteiger partial charge in [0, 0.05) is 0 Å². The molecule has 2 aromatic rings. The Balaban J connectivity index is 1.94. The predicted molar refractivity (Wildman–Crippen MR) is 116 cm³/mol. The molecule has 0 aliphatic carbocycles. The monoisotopic (exact) mass is 411 g/mol. The molecule has 0 amide bonds. The average Bonchev–Trinajstić information content (AvgIpc) is 2.92. The van der Waals surface area contributed by atoms with E-state index in [9.17, 15) is 13.2 Å². The minimum atomic E-state index is -4.27. The lowest BCUT2D eigenvalue weighted by atomic mass is 9.65. The van der Waals surface area contributed by atoms with E-state index in [4.69, 9.17) is 19.4 Å². The van der Waals surface area contributed by atoms with Gasteiger partial charge in [-0.3, -0.25) is 4.79 Å². The summed E-state index contributed by atoms with van der Waals surface area (Å²) in [5.74, 6) is -1.08. The molecular weight excluding hydrogens is 391 g/mol. The molecule has 3 rings (SSSR count). The van der Waals surface area contributed by atoms with Crippen LogP contribution >= 0.6 is 0 Å². The molecule has 7 nitrogen and oxygen atoms in total. The van der Waals surface area contributed by atoms with E-state index >= 15 is 0 Å². The average molecular weight is 411 g/mol. The molecule has 0 radical (unpaired) electrons. The SMILES string of the molecule is BC1(c2cccc(OC)c2)OC(N)=C(OS(=O)(=O)C(B)(B)c2ccccc2)C1=O. The molecule has 0 saturated carbocycles. The summed E-state index contributed by atoms with van der Waals surface area (Å²) in [7, 11) is 1.72. The van der Waals surface area contributed by atoms with Crippen molar-refractivity contribution in [2.75, 3.05) is 7.11 Å². The molecule has 0 fully saturated rings. The zero-order valence-electron chi connectivity index (χ0n) is 16.6. The van der Waals surface area contributed by atoms with Crippen molar-refractivity contribution < 1.29 is 26.9 Å². The van der Waals surface area contributed by atoms with Gasteiger partial charge >= 0.3 is 10.1 Å². The molecular formula is C18H20B3NO6S. The zero-order valence-corrected chi connectivity index (χ0v) is 17.4. The highest BCUT2D eigenvalue weighted by atomic mass is 32.2. The largest absolute Gasteiger partial charge is 0.497 e. The van der Waals surface area contributed by atoms with E-state index in [-0.39, 0.29) is 5.88 Å². The Morgan fingerprint density at radius 2 is 1.76 bits per heavy atom. The number of hydrogen-bond donors (Lipinski definition) is 1. The minimum Gasteiger partial charge on any atom is -0.497 e. The number of ketones is 1. The van der Waals surface area contributed by atoms with Crippen LogP contribution in [-0.2, 0) is 33.9 Å². The summed E-state index contributed by atoms with van der Waals surface area (Å²) in [5.41, 5.74) is 5.31. The highest BCUT2D eigenvalue weighted by Crippen LogP contribution is 2.38. The summed E-state index contributed by atoms with van der Waals surface area (Å²) >= 11 is 0. The second-order valence-electron chi connectivity index (χ2n) is 7.30. The van der Waals surface area contributed by atoms with Gasteiger partial charge in [-0.2, -0.15) is 8.42 Å². The lowest BCUT2D eigenvalue weighted by molar-refractivity contribution is -0.126. The van der Waals surface area contributed by atoms with Crippen molar-refractivity contribution in [1.29, 1.82) is 0 Å². The Bertz CT molecular complexity index is 1090. The number of nitrogens with two attached hydrogens (primary N) is 1. The summed E-state index contributed by atoms with van der Waals surface area (Å²) in [5, 5.41) is 0. The Morgan fingerprint density at radius 1 is 1.10 bits per heavy atom. The van der Waals surface area contributed by atoms with Crippen LogP contribution in [0.15, 0.2) is 66.2 Å². The molecule has 2 N–H and O–H groups in total. The first-order valence-corrected chi connectivity index (χ1v) is 10.3. The predicted octanol–water partition coefficient (Wildman–Crippen LogP) is -1.37. The number of methoxy groups -OCH3 is 1. The van der Waals surface area contributed by atoms with E-state index in [0.717, 1.165) is 0 Å². The van der Waals surface area contributed by atoms with Crippen LogP contribution in [0.5, 0.6) is 5.75 Å². The summed E-state index contributed by atoms with van der Waals surface area (Å²) in [4.78, 5) is 13.1. The summed E-state index contributed by atoms with van der Waals surface area (Å²) in [6, 6.07) is 15.3. The number of Topliss-reactive ketones (excluding diaryl/α,β-unsaturated/α-hetero) is 1. The van der Waals surface area contributed by atoms with Crippen LogP contribution in [0, 0.1) is 0 Å². The van der Waals surface area contributed by atoms with Crippen molar-refractivity contribution in [3.05, 3.63) is 77.4 Å². The van der Waals surface area contributed by atoms with Gasteiger partial charge < -0.3 is 19.4 Å². The molecule has 0 saturated heterocycles. The minimum absolute atomic E-state index is 0.382. The van der Waals surface area contributed by atoms with Gasteiger partial charge in [-0.15, -0.1) is 0 Å². The Labute approximate surface area is 172 Å². The maximum Gasteiger partial charge on any atom is 0.304 e. The highest BCUT2D eigenvalue weighted by molar-refractivity contribution is 7.90. The Hall–Kier alpha value is -2.81. The van der Waals surface area contributed by atoms with Crippen LogP contribution in [-0.4, -0.2) is 44.8 Å². The molecule has 1 aliphatic rings. The van der Waals surface area contributed by atoms with Crippen molar-refractivity contribution >= 4 is 39.4 Å². The molecule has 1 unspecified atom stereocenters. The molecule has 1 aliphatic heterocycles. The zero-order chi connectivity index (χ0) is 21.4. The van der Waals surface area contributed by atoms with E-state index in [1.54, 1.807) is 54.6 Å². The van der Waals surface area contributed by atoms with Crippen molar-refractivity contribution in [2.45, 2.75) is 10.0 Å². The number of ether oxygens (including phenoxy) is 2. The fourth-order valence-corrected chi connectivity index (χ4v) is 4.04. The second-order valence-corrected chi connectivity index (χ2v) is 9.40. The van der Waals surface area contributed by atoms with Crippen LogP contribution in [0.4, 0.5) is 0 Å². The van der Waals surface area contributed by atoms with Gasteiger partial charge in [-0.05, 0) is 23.3 Å². The van der Waals surface area contributed by atoms with E-state index in [1.165, 1.54) is 30.6 Å². The van der Waals surface area contributed by atoms with Crippen LogP contribution in [0.2, 0.25) is 0 Å². The molecule has 1 heterocycles. The van der Waals surface area contributed by atoms with Crippen LogP contribution in [0.25, 0.3) is 0 Å². The third kappa shape index (κ3) is 3.50. The topological polar surface area (TPSA) is 105 Å². The summed E-state index contributed by atoms with van der Waals surface area (Å²) in [6.45, 7) is 0. The lowest BCUT2D eigenvalue weighted by Crippen LogP contribution is -2.40. The first kappa shape index (κ1) is 20.9. The van der Waals surface area contributed by atoms with Gasteiger partial charge in [-0.1, -0.05) is 42.5 Å². The third-order valence-corrected chi connectivity index (χ3v) is 6.96. The molecule has 148 valence electrons. The Morgan fingerprint density at radius 3 is 2.38 bits per heavy atom. The van der Waals surface area contributed by atoms with E-state index < -0.39 is 31.7 Å². The van der Waals surface area contributed by atoms with E-state index in [2.05, 4.69) is 0 Å². The van der Waals surface area contributed by atoms with Crippen molar-refractivity contribution in [3.8, 4) is 5.75 Å². The van der Waals surface area contributed by atoms with Gasteiger partial charge in [0.1, 0.15) is 21.4 Å². The smallest absolute Gasteiger partial charge is 0.304 e. The molecule has 1 atom stereocenters. The molecule has 0 aromatic heterocycles. The van der Waals surface area contributed by atoms with Crippen LogP contribution < -0.4 is 10.5 Å². The standard InChI is InChI=1S/C18H20B3NO6S/c1-26-13-9-5-8-12(10-13)17(19)15(23)14(16(22)27-17)28-29(24,25)18(20,21)11-6-3-2-4-7-11/h2-10H,19-22H2,1H3. The van der Waals surface area contributed by atoms with Gasteiger partial charge in [0.05, 0.1) is 11.7 Å². The number of carbonyl (C=O) groups excluding carboxylic acids is 1. The van der Waals surface area contributed by atoms with Crippen LogP contribution in [0.1, 0.15) is 11.1 Å². The van der Waals surface area contributed by atoms with Gasteiger partial charge in [0.25, 0.3) is 0 Å². The quantitative estimate of drug-likeness (QED) is 0.462. The number of hydrogen-bond acceptors (Lipinski definition) is 7. The van der Waals surface area contributed by atoms with E-state index in [1.807, 2.05) is 0 Å². The van der Waals surface area contributed by atoms with Crippen molar-refractivity contribution in [2.24, 2.45) is 5.73 Å². The first-order valence-electron chi connectivity index (χ1n) is 8.90. The normalized spacial score (nSPS) is 19.7. The van der Waals surface area contributed by atoms with Gasteiger partial charge in [-0.25, -0.2) is 0 Å². The summed E-state index contributed by atoms with van der Waals surface area (Å²) < 4.78 is 40.6. The molecule has 2 aromatic carbocycles. The van der Waals surface area contributed by atoms with E-state index in [0.29, 0.717) is 16.9 Å².